The maximum absolute atomic E-state index is 12.0. The van der Waals surface area contributed by atoms with E-state index in [1.54, 1.807) is 18.2 Å². The summed E-state index contributed by atoms with van der Waals surface area (Å²) in [4.78, 5) is 23.3. The molecule has 2 aromatic rings. The van der Waals surface area contributed by atoms with E-state index in [1.807, 2.05) is 30.3 Å². The average Bonchev–Trinajstić information content (AvgIpc) is 2.52. The Labute approximate surface area is 149 Å². The highest BCUT2D eigenvalue weighted by Gasteiger charge is 2.19. The summed E-state index contributed by atoms with van der Waals surface area (Å²) in [7, 11) is 0. The van der Waals surface area contributed by atoms with Gasteiger partial charge < -0.3 is 10.4 Å². The molecule has 0 bridgehead atoms. The molecule has 0 radical (unpaired) electrons. The predicted octanol–water partition coefficient (Wildman–Crippen LogP) is 3.82. The smallest absolute Gasteiger partial charge is 0.326 e. The minimum atomic E-state index is -1.09. The third-order valence-corrected chi connectivity index (χ3v) is 3.65. The number of carboxylic acids is 1. The van der Waals surface area contributed by atoms with Gasteiger partial charge in [-0.05, 0) is 35.4 Å². The highest BCUT2D eigenvalue weighted by atomic mass is 35.5. The number of amides is 1. The second-order valence-corrected chi connectivity index (χ2v) is 6.00. The lowest BCUT2D eigenvalue weighted by Gasteiger charge is -2.13. The van der Waals surface area contributed by atoms with E-state index in [1.165, 1.54) is 12.2 Å². The fourth-order valence-electron chi connectivity index (χ4n) is 2.11. The molecule has 0 aliphatic heterocycles. The Morgan fingerprint density at radius 2 is 1.71 bits per heavy atom. The van der Waals surface area contributed by atoms with Gasteiger partial charge in [-0.3, -0.25) is 4.79 Å². The van der Waals surface area contributed by atoms with Crippen LogP contribution in [0.25, 0.3) is 6.08 Å². The second kappa shape index (κ2) is 8.52. The van der Waals surface area contributed by atoms with Crippen LogP contribution in [0.1, 0.15) is 11.1 Å². The fraction of sp³-hybridized carbons (Fsp3) is 0.111. The molecule has 0 heterocycles. The van der Waals surface area contributed by atoms with Crippen molar-refractivity contribution < 1.29 is 14.7 Å². The third-order valence-electron chi connectivity index (χ3n) is 3.21. The molecule has 0 aliphatic carbocycles. The number of carboxylic acid groups (broad SMARTS) is 1. The number of aliphatic carboxylic acids is 1. The van der Waals surface area contributed by atoms with Gasteiger partial charge >= 0.3 is 5.97 Å². The standard InChI is InChI=1S/C18H15Cl2NO3/c19-14-8-13(9-15(20)11-14)6-7-17(22)21-16(18(23)24)10-12-4-2-1-3-5-12/h1-9,11,16H,10H2,(H,21,22)(H,23,24)/t16-/m0/s1. The molecule has 1 amide bonds. The molecular weight excluding hydrogens is 349 g/mol. The molecule has 0 fully saturated rings. The number of nitrogens with one attached hydrogen (secondary N) is 1. The van der Waals surface area contributed by atoms with Crippen molar-refractivity contribution in [1.29, 1.82) is 0 Å². The average molecular weight is 364 g/mol. The van der Waals surface area contributed by atoms with Crippen LogP contribution in [-0.4, -0.2) is 23.0 Å². The quantitative estimate of drug-likeness (QED) is 0.766. The highest BCUT2D eigenvalue weighted by Crippen LogP contribution is 2.19. The largest absolute Gasteiger partial charge is 0.480 e. The topological polar surface area (TPSA) is 66.4 Å². The van der Waals surface area contributed by atoms with Crippen molar-refractivity contribution in [3.63, 3.8) is 0 Å². The fourth-order valence-corrected chi connectivity index (χ4v) is 2.66. The van der Waals surface area contributed by atoms with Crippen molar-refractivity contribution in [2.24, 2.45) is 0 Å². The van der Waals surface area contributed by atoms with Gasteiger partial charge in [0.1, 0.15) is 6.04 Å². The van der Waals surface area contributed by atoms with Crippen LogP contribution in [0.3, 0.4) is 0 Å². The van der Waals surface area contributed by atoms with Crippen molar-refractivity contribution in [3.8, 4) is 0 Å². The molecule has 124 valence electrons. The lowest BCUT2D eigenvalue weighted by atomic mass is 10.1. The summed E-state index contributed by atoms with van der Waals surface area (Å²) in [6, 6.07) is 13.0. The molecule has 4 nitrogen and oxygen atoms in total. The van der Waals surface area contributed by atoms with E-state index in [0.29, 0.717) is 15.6 Å². The predicted molar refractivity (Wildman–Crippen MR) is 95.2 cm³/mol. The summed E-state index contributed by atoms with van der Waals surface area (Å²) in [5.41, 5.74) is 1.48. The molecule has 24 heavy (non-hydrogen) atoms. The van der Waals surface area contributed by atoms with Crippen LogP contribution in [-0.2, 0) is 16.0 Å². The Bertz CT molecular complexity index is 740. The second-order valence-electron chi connectivity index (χ2n) is 5.13. The monoisotopic (exact) mass is 363 g/mol. The SMILES string of the molecule is O=C(C=Cc1cc(Cl)cc(Cl)c1)N[C@@H](Cc1ccccc1)C(=O)O. The van der Waals surface area contributed by atoms with Crippen LogP contribution in [0.5, 0.6) is 0 Å². The highest BCUT2D eigenvalue weighted by molar-refractivity contribution is 6.34. The molecule has 0 aromatic heterocycles. The summed E-state index contributed by atoms with van der Waals surface area (Å²) >= 11 is 11.8. The number of hydrogen-bond donors (Lipinski definition) is 2. The van der Waals surface area contributed by atoms with E-state index in [4.69, 9.17) is 23.2 Å². The van der Waals surface area contributed by atoms with E-state index >= 15 is 0 Å². The Hall–Kier alpha value is -2.30. The Balaban J connectivity index is 2.02. The third kappa shape index (κ3) is 5.72. The lowest BCUT2D eigenvalue weighted by Crippen LogP contribution is -2.41. The molecule has 0 spiro atoms. The number of carbonyl (C=O) groups excluding carboxylic acids is 1. The van der Waals surface area contributed by atoms with Crippen molar-refractivity contribution >= 4 is 41.2 Å². The molecule has 0 aliphatic rings. The van der Waals surface area contributed by atoms with E-state index in [-0.39, 0.29) is 6.42 Å². The van der Waals surface area contributed by atoms with E-state index in [2.05, 4.69) is 5.32 Å². The van der Waals surface area contributed by atoms with Crippen molar-refractivity contribution in [2.45, 2.75) is 12.5 Å². The zero-order chi connectivity index (χ0) is 17.5. The van der Waals surface area contributed by atoms with Crippen LogP contribution in [0.2, 0.25) is 10.0 Å². The van der Waals surface area contributed by atoms with E-state index in [9.17, 15) is 14.7 Å². The van der Waals surface area contributed by atoms with Crippen LogP contribution < -0.4 is 5.32 Å². The van der Waals surface area contributed by atoms with Gasteiger partial charge in [0, 0.05) is 22.5 Å². The minimum Gasteiger partial charge on any atom is -0.480 e. The maximum atomic E-state index is 12.0. The van der Waals surface area contributed by atoms with E-state index in [0.717, 1.165) is 5.56 Å². The molecule has 2 N–H and O–H groups in total. The molecule has 0 saturated carbocycles. The van der Waals surface area contributed by atoms with Gasteiger partial charge in [0.2, 0.25) is 5.91 Å². The zero-order valence-electron chi connectivity index (χ0n) is 12.6. The number of rotatable bonds is 6. The van der Waals surface area contributed by atoms with Crippen LogP contribution in [0.4, 0.5) is 0 Å². The first-order valence-corrected chi connectivity index (χ1v) is 7.91. The Morgan fingerprint density at radius 1 is 1.08 bits per heavy atom. The van der Waals surface area contributed by atoms with Crippen LogP contribution in [0.15, 0.2) is 54.6 Å². The number of hydrogen-bond acceptors (Lipinski definition) is 2. The van der Waals surface area contributed by atoms with E-state index < -0.39 is 17.9 Å². The number of halogens is 2. The summed E-state index contributed by atoms with van der Waals surface area (Å²) < 4.78 is 0. The summed E-state index contributed by atoms with van der Waals surface area (Å²) in [6.45, 7) is 0. The number of benzene rings is 2. The molecule has 0 unspecified atom stereocenters. The molecule has 6 heteroatoms. The first-order chi connectivity index (χ1) is 11.4. The van der Waals surface area contributed by atoms with Gasteiger partial charge in [-0.1, -0.05) is 53.5 Å². The molecule has 2 rings (SSSR count). The van der Waals surface area contributed by atoms with Crippen molar-refractivity contribution in [2.75, 3.05) is 0 Å². The summed E-state index contributed by atoms with van der Waals surface area (Å²) in [5, 5.41) is 12.6. The van der Waals surface area contributed by atoms with Gasteiger partial charge in [0.05, 0.1) is 0 Å². The Morgan fingerprint density at radius 3 is 2.29 bits per heavy atom. The normalized spacial score (nSPS) is 12.1. The first kappa shape index (κ1) is 18.0. The van der Waals surface area contributed by atoms with Gasteiger partial charge in [-0.15, -0.1) is 0 Å². The maximum Gasteiger partial charge on any atom is 0.326 e. The summed E-state index contributed by atoms with van der Waals surface area (Å²) in [6.07, 6.45) is 2.98. The first-order valence-electron chi connectivity index (χ1n) is 7.15. The van der Waals surface area contributed by atoms with Gasteiger partial charge in [-0.25, -0.2) is 4.79 Å². The number of carbonyl (C=O) groups is 2. The molecule has 1 atom stereocenters. The van der Waals surface area contributed by atoms with Crippen LogP contribution in [0, 0.1) is 0 Å². The van der Waals surface area contributed by atoms with Gasteiger partial charge in [-0.2, -0.15) is 0 Å². The minimum absolute atomic E-state index is 0.207. The zero-order valence-corrected chi connectivity index (χ0v) is 14.1. The Kier molecular flexibility index (Phi) is 6.41. The molecule has 0 saturated heterocycles. The lowest BCUT2D eigenvalue weighted by molar-refractivity contribution is -0.141. The molecule has 2 aromatic carbocycles. The van der Waals surface area contributed by atoms with Crippen molar-refractivity contribution in [3.05, 3.63) is 75.8 Å². The van der Waals surface area contributed by atoms with Gasteiger partial charge in [0.25, 0.3) is 0 Å². The van der Waals surface area contributed by atoms with Crippen LogP contribution >= 0.6 is 23.2 Å². The molecular formula is C18H15Cl2NO3. The van der Waals surface area contributed by atoms with Crippen molar-refractivity contribution in [1.82, 2.24) is 5.32 Å². The van der Waals surface area contributed by atoms with Gasteiger partial charge in [0.15, 0.2) is 0 Å². The summed E-state index contributed by atoms with van der Waals surface area (Å²) in [5.74, 6) is -1.60.